The number of ether oxygens (including phenoxy) is 1. The van der Waals surface area contributed by atoms with Gasteiger partial charge in [0.05, 0.1) is 7.11 Å². The first-order valence-electron chi connectivity index (χ1n) is 6.65. The van der Waals surface area contributed by atoms with Crippen molar-refractivity contribution in [3.63, 3.8) is 0 Å². The van der Waals surface area contributed by atoms with E-state index in [1.165, 1.54) is 5.56 Å². The average Bonchev–Trinajstić information content (AvgIpc) is 2.41. The van der Waals surface area contributed by atoms with Crippen LogP contribution in [-0.4, -0.2) is 43.2 Å². The lowest BCUT2D eigenvalue weighted by Crippen LogP contribution is -2.22. The van der Waals surface area contributed by atoms with Crippen LogP contribution in [0.5, 0.6) is 5.75 Å². The van der Waals surface area contributed by atoms with Gasteiger partial charge in [-0.3, -0.25) is 4.79 Å². The Morgan fingerprint density at radius 3 is 2.60 bits per heavy atom. The number of halogens is 1. The van der Waals surface area contributed by atoms with Crippen molar-refractivity contribution in [2.75, 3.05) is 27.2 Å². The summed E-state index contributed by atoms with van der Waals surface area (Å²) in [7, 11) is 3.75. The molecule has 0 aromatic heterocycles. The molecule has 0 aliphatic rings. The molecule has 114 valence electrons. The second-order valence-corrected chi connectivity index (χ2v) is 4.72. The van der Waals surface area contributed by atoms with Gasteiger partial charge in [-0.05, 0) is 44.5 Å². The van der Waals surface area contributed by atoms with E-state index in [9.17, 15) is 4.79 Å². The molecule has 0 heterocycles. The molecule has 0 spiro atoms. The second kappa shape index (κ2) is 10.5. The molecule has 0 amide bonds. The van der Waals surface area contributed by atoms with E-state index >= 15 is 0 Å². The van der Waals surface area contributed by atoms with Gasteiger partial charge in [-0.1, -0.05) is 18.2 Å². The Morgan fingerprint density at radius 1 is 1.25 bits per heavy atom. The number of rotatable bonds is 9. The molecule has 1 rings (SSSR count). The normalized spacial score (nSPS) is 10.2. The number of benzene rings is 1. The number of methoxy groups -OCH3 is 1. The molecule has 0 radical (unpaired) electrons. The summed E-state index contributed by atoms with van der Waals surface area (Å²) in [5.74, 6) is 0.221. The third-order valence-corrected chi connectivity index (χ3v) is 3.14. The quantitative estimate of drug-likeness (QED) is 0.713. The van der Waals surface area contributed by atoms with Crippen LogP contribution in [0.1, 0.15) is 24.8 Å². The summed E-state index contributed by atoms with van der Waals surface area (Å²) < 4.78 is 5.32. The fraction of sp³-hybridized carbons (Fsp3) is 0.533. The van der Waals surface area contributed by atoms with Crippen molar-refractivity contribution in [3.05, 3.63) is 29.8 Å². The van der Waals surface area contributed by atoms with Crippen LogP contribution in [0, 0.1) is 0 Å². The van der Waals surface area contributed by atoms with E-state index in [-0.39, 0.29) is 18.8 Å². The third-order valence-electron chi connectivity index (χ3n) is 3.14. The van der Waals surface area contributed by atoms with Crippen LogP contribution < -0.4 is 4.74 Å². The van der Waals surface area contributed by atoms with Crippen molar-refractivity contribution in [1.82, 2.24) is 4.90 Å². The van der Waals surface area contributed by atoms with Gasteiger partial charge in [-0.25, -0.2) is 0 Å². The summed E-state index contributed by atoms with van der Waals surface area (Å²) in [6.45, 7) is 1.88. The molecule has 0 unspecified atom stereocenters. The summed E-state index contributed by atoms with van der Waals surface area (Å²) in [6, 6.07) is 8.04. The van der Waals surface area contributed by atoms with Crippen LogP contribution >= 0.6 is 12.4 Å². The average molecular weight is 302 g/mol. The van der Waals surface area contributed by atoms with Crippen molar-refractivity contribution in [2.24, 2.45) is 0 Å². The van der Waals surface area contributed by atoms with Gasteiger partial charge in [-0.15, -0.1) is 12.4 Å². The minimum absolute atomic E-state index is 0. The molecule has 1 aromatic rings. The lowest BCUT2D eigenvalue weighted by Gasteiger charge is -2.17. The van der Waals surface area contributed by atoms with Gasteiger partial charge in [0.15, 0.2) is 0 Å². The predicted octanol–water partition coefficient (Wildman–Crippen LogP) is 2.85. The summed E-state index contributed by atoms with van der Waals surface area (Å²) in [5.41, 5.74) is 1.21. The number of hydrogen-bond donors (Lipinski definition) is 1. The molecule has 0 atom stereocenters. The van der Waals surface area contributed by atoms with Gasteiger partial charge in [0.2, 0.25) is 0 Å². The largest absolute Gasteiger partial charge is 0.496 e. The minimum Gasteiger partial charge on any atom is -0.496 e. The maximum atomic E-state index is 10.4. The van der Waals surface area contributed by atoms with Crippen LogP contribution in [0.2, 0.25) is 0 Å². The molecule has 4 nitrogen and oxygen atoms in total. The van der Waals surface area contributed by atoms with Crippen LogP contribution in [-0.2, 0) is 11.2 Å². The number of hydrogen-bond acceptors (Lipinski definition) is 3. The molecule has 0 saturated heterocycles. The summed E-state index contributed by atoms with van der Waals surface area (Å²) in [5, 5.41) is 8.56. The molecule has 1 N–H and O–H groups in total. The Bertz CT molecular complexity index is 398. The van der Waals surface area contributed by atoms with E-state index in [1.807, 2.05) is 18.2 Å². The highest BCUT2D eigenvalue weighted by Gasteiger charge is 2.04. The lowest BCUT2D eigenvalue weighted by atomic mass is 10.1. The highest BCUT2D eigenvalue weighted by Crippen LogP contribution is 2.17. The van der Waals surface area contributed by atoms with Crippen molar-refractivity contribution in [1.29, 1.82) is 0 Å². The number of carboxylic acids is 1. The molecule has 0 saturated carbocycles. The van der Waals surface area contributed by atoms with E-state index in [0.29, 0.717) is 0 Å². The fourth-order valence-corrected chi connectivity index (χ4v) is 1.99. The minimum atomic E-state index is -0.711. The zero-order chi connectivity index (χ0) is 14.1. The molecule has 0 aliphatic carbocycles. The van der Waals surface area contributed by atoms with E-state index in [4.69, 9.17) is 9.84 Å². The first-order valence-corrected chi connectivity index (χ1v) is 6.65. The third kappa shape index (κ3) is 7.36. The van der Waals surface area contributed by atoms with E-state index in [0.717, 1.165) is 38.1 Å². The fourth-order valence-electron chi connectivity index (χ4n) is 1.99. The van der Waals surface area contributed by atoms with Crippen LogP contribution in [0.4, 0.5) is 0 Å². The molecular weight excluding hydrogens is 278 g/mol. The lowest BCUT2D eigenvalue weighted by molar-refractivity contribution is -0.137. The van der Waals surface area contributed by atoms with Crippen molar-refractivity contribution < 1.29 is 14.6 Å². The Labute approximate surface area is 127 Å². The Hall–Kier alpha value is -1.26. The number of nitrogens with zero attached hydrogens (tertiary/aromatic N) is 1. The number of likely N-dealkylation sites (N-methyl/N-ethyl adjacent to an activating group) is 1. The SMILES string of the molecule is COc1ccccc1CCN(C)CCCCC(=O)O.Cl. The van der Waals surface area contributed by atoms with Crippen LogP contribution in [0.25, 0.3) is 0 Å². The van der Waals surface area contributed by atoms with Crippen molar-refractivity contribution in [2.45, 2.75) is 25.7 Å². The predicted molar refractivity (Wildman–Crippen MR) is 82.9 cm³/mol. The number of unbranched alkanes of at least 4 members (excludes halogenated alkanes) is 1. The number of carboxylic acid groups (broad SMARTS) is 1. The smallest absolute Gasteiger partial charge is 0.303 e. The Balaban J connectivity index is 0.00000361. The van der Waals surface area contributed by atoms with Crippen LogP contribution in [0.15, 0.2) is 24.3 Å². The molecule has 0 aliphatic heterocycles. The molecule has 0 bridgehead atoms. The summed E-state index contributed by atoms with van der Waals surface area (Å²) >= 11 is 0. The van der Waals surface area contributed by atoms with Gasteiger partial charge in [0, 0.05) is 13.0 Å². The van der Waals surface area contributed by atoms with Crippen molar-refractivity contribution in [3.8, 4) is 5.75 Å². The number of aliphatic carboxylic acids is 1. The van der Waals surface area contributed by atoms with Gasteiger partial charge in [0.1, 0.15) is 5.75 Å². The first kappa shape index (κ1) is 18.7. The monoisotopic (exact) mass is 301 g/mol. The maximum absolute atomic E-state index is 10.4. The van der Waals surface area contributed by atoms with Gasteiger partial charge < -0.3 is 14.7 Å². The summed E-state index contributed by atoms with van der Waals surface area (Å²) in [4.78, 5) is 12.6. The van der Waals surface area contributed by atoms with E-state index in [2.05, 4.69) is 18.0 Å². The maximum Gasteiger partial charge on any atom is 0.303 e. The first-order chi connectivity index (χ1) is 9.13. The van der Waals surface area contributed by atoms with Crippen molar-refractivity contribution >= 4 is 18.4 Å². The molecule has 5 heteroatoms. The molecule has 0 fully saturated rings. The van der Waals surface area contributed by atoms with E-state index in [1.54, 1.807) is 7.11 Å². The van der Waals surface area contributed by atoms with Gasteiger partial charge in [0.25, 0.3) is 0 Å². The van der Waals surface area contributed by atoms with Crippen LogP contribution in [0.3, 0.4) is 0 Å². The molecular formula is C15H24ClNO3. The molecule has 1 aromatic carbocycles. The zero-order valence-electron chi connectivity index (χ0n) is 12.2. The standard InChI is InChI=1S/C15H23NO3.ClH/c1-16(11-6-5-9-15(17)18)12-10-13-7-3-4-8-14(13)19-2;/h3-4,7-8H,5-6,9-12H2,1-2H3,(H,17,18);1H. The van der Waals surface area contributed by atoms with E-state index < -0.39 is 5.97 Å². The Morgan fingerprint density at radius 2 is 1.95 bits per heavy atom. The Kier molecular flexibility index (Phi) is 9.86. The summed E-state index contributed by atoms with van der Waals surface area (Å²) in [6.07, 6.45) is 2.88. The second-order valence-electron chi connectivity index (χ2n) is 4.72. The zero-order valence-corrected chi connectivity index (χ0v) is 13.0. The highest BCUT2D eigenvalue weighted by atomic mass is 35.5. The topological polar surface area (TPSA) is 49.8 Å². The van der Waals surface area contributed by atoms with Gasteiger partial charge in [-0.2, -0.15) is 0 Å². The molecule has 20 heavy (non-hydrogen) atoms. The van der Waals surface area contributed by atoms with Gasteiger partial charge >= 0.3 is 5.97 Å². The highest BCUT2D eigenvalue weighted by molar-refractivity contribution is 5.85. The number of carbonyl (C=O) groups is 1. The number of para-hydroxylation sites is 1.